The first-order valence-corrected chi connectivity index (χ1v) is 11.7. The lowest BCUT2D eigenvalue weighted by atomic mass is 9.97. The maximum absolute atomic E-state index is 13.7. The summed E-state index contributed by atoms with van der Waals surface area (Å²) in [6, 6.07) is 5.20. The molecule has 4 nitrogen and oxygen atoms in total. The second-order valence-corrected chi connectivity index (χ2v) is 9.29. The minimum Gasteiger partial charge on any atom is -0.349 e. The molecule has 0 aliphatic rings. The van der Waals surface area contributed by atoms with E-state index < -0.39 is 42.9 Å². The molecule has 2 aromatic carbocycles. The fourth-order valence-corrected chi connectivity index (χ4v) is 4.05. The summed E-state index contributed by atoms with van der Waals surface area (Å²) in [5, 5.41) is 4.05. The van der Waals surface area contributed by atoms with Gasteiger partial charge in [0.25, 0.3) is 12.3 Å². The van der Waals surface area contributed by atoms with Gasteiger partial charge < -0.3 is 10.6 Å². The number of allylic oxidation sites excluding steroid dienone is 1. The van der Waals surface area contributed by atoms with Crippen molar-refractivity contribution in [3.8, 4) is 0 Å². The van der Waals surface area contributed by atoms with Crippen LogP contribution in [0, 0.1) is 0 Å². The lowest BCUT2D eigenvalue weighted by molar-refractivity contribution is -0.139. The Morgan fingerprint density at radius 1 is 1.09 bits per heavy atom. The van der Waals surface area contributed by atoms with Crippen LogP contribution in [0.4, 0.5) is 22.0 Å². The highest BCUT2D eigenvalue weighted by Crippen LogP contribution is 2.41. The smallest absolute Gasteiger partial charge is 0.349 e. The van der Waals surface area contributed by atoms with E-state index in [9.17, 15) is 31.5 Å². The topological polar surface area (TPSA) is 58.2 Å². The first-order valence-electron chi connectivity index (χ1n) is 9.76. The fourth-order valence-electron chi connectivity index (χ4n) is 2.86. The third-order valence-corrected chi connectivity index (χ3v) is 6.46. The zero-order valence-electron chi connectivity index (χ0n) is 17.7. The van der Waals surface area contributed by atoms with Crippen LogP contribution in [-0.2, 0) is 4.79 Å². The Kier molecular flexibility index (Phi) is 10.4. The van der Waals surface area contributed by atoms with Gasteiger partial charge in [0.1, 0.15) is 6.04 Å². The van der Waals surface area contributed by atoms with Crippen molar-refractivity contribution in [1.82, 2.24) is 10.6 Å². The minimum atomic E-state index is -4.66. The molecule has 0 radical (unpaired) electrons. The van der Waals surface area contributed by atoms with Crippen molar-refractivity contribution in [3.63, 3.8) is 0 Å². The predicted molar refractivity (Wildman–Crippen MR) is 129 cm³/mol. The number of carbonyl (C=O) groups excluding carboxylic acids is 2. The second-order valence-electron chi connectivity index (χ2n) is 7.25. The molecule has 2 atom stereocenters. The van der Waals surface area contributed by atoms with E-state index in [1.807, 2.05) is 5.32 Å². The molecule has 35 heavy (non-hydrogen) atoms. The van der Waals surface area contributed by atoms with E-state index in [0.717, 1.165) is 18.2 Å². The molecule has 0 heterocycles. The molecule has 0 spiro atoms. The number of alkyl halides is 5. The van der Waals surface area contributed by atoms with Crippen LogP contribution < -0.4 is 10.6 Å². The van der Waals surface area contributed by atoms with Crippen molar-refractivity contribution in [1.29, 1.82) is 0 Å². The zero-order valence-corrected chi connectivity index (χ0v) is 21.6. The van der Waals surface area contributed by atoms with Gasteiger partial charge in [0.2, 0.25) is 5.91 Å². The maximum atomic E-state index is 13.7. The van der Waals surface area contributed by atoms with Crippen molar-refractivity contribution in [2.45, 2.75) is 31.5 Å². The molecule has 0 fully saturated rings. The lowest BCUT2D eigenvalue weighted by Crippen LogP contribution is -2.46. The molecule has 2 unspecified atom stereocenters. The summed E-state index contributed by atoms with van der Waals surface area (Å²) < 4.78 is 65.8. The van der Waals surface area contributed by atoms with Crippen molar-refractivity contribution in [2.75, 3.05) is 6.54 Å². The van der Waals surface area contributed by atoms with E-state index in [1.54, 1.807) is 0 Å². The third-order valence-electron chi connectivity index (χ3n) is 4.61. The Hall–Kier alpha value is -1.88. The van der Waals surface area contributed by atoms with Gasteiger partial charge in [0.15, 0.2) is 0 Å². The summed E-state index contributed by atoms with van der Waals surface area (Å²) in [6.45, 7) is 0.466. The highest BCUT2D eigenvalue weighted by molar-refractivity contribution is 9.10. The van der Waals surface area contributed by atoms with Crippen LogP contribution in [0.15, 0.2) is 40.9 Å². The number of amides is 2. The molecule has 0 aliphatic carbocycles. The SMILES string of the molecule is CC(NC(=O)c1ccc(/C=C/C(c2cc(Cl)c(Cl)c(Cl)c2)C(F)(F)F)cc1Br)C(=O)NCC(F)F. The van der Waals surface area contributed by atoms with Gasteiger partial charge in [-0.05, 0) is 58.2 Å². The van der Waals surface area contributed by atoms with E-state index in [1.165, 1.54) is 31.2 Å². The molecule has 0 aromatic heterocycles. The van der Waals surface area contributed by atoms with Crippen molar-refractivity contribution >= 4 is 68.6 Å². The first kappa shape index (κ1) is 29.4. The Balaban J connectivity index is 2.21. The van der Waals surface area contributed by atoms with E-state index >= 15 is 0 Å². The summed E-state index contributed by atoms with van der Waals surface area (Å²) in [7, 11) is 0. The third kappa shape index (κ3) is 8.34. The largest absolute Gasteiger partial charge is 0.399 e. The average molecular weight is 623 g/mol. The highest BCUT2D eigenvalue weighted by atomic mass is 79.9. The molecule has 0 bridgehead atoms. The quantitative estimate of drug-likeness (QED) is 0.241. The fraction of sp³-hybridized carbons (Fsp3) is 0.273. The Bertz CT molecular complexity index is 1110. The number of halogens is 9. The molecular weight excluding hydrogens is 606 g/mol. The molecular formula is C22H17BrCl3F5N2O2. The number of rotatable bonds is 8. The van der Waals surface area contributed by atoms with Gasteiger partial charge >= 0.3 is 6.18 Å². The zero-order chi connectivity index (χ0) is 26.5. The van der Waals surface area contributed by atoms with Crippen molar-refractivity contribution < 1.29 is 31.5 Å². The van der Waals surface area contributed by atoms with Gasteiger partial charge in [-0.1, -0.05) is 53.0 Å². The van der Waals surface area contributed by atoms with Gasteiger partial charge in [0, 0.05) is 4.47 Å². The Labute approximate surface area is 220 Å². The summed E-state index contributed by atoms with van der Waals surface area (Å²) in [5.74, 6) is -3.52. The predicted octanol–water partition coefficient (Wildman–Crippen LogP) is 7.27. The normalized spacial score (nSPS) is 13.7. The van der Waals surface area contributed by atoms with Crippen LogP contribution in [0.1, 0.15) is 34.3 Å². The van der Waals surface area contributed by atoms with E-state index in [4.69, 9.17) is 34.8 Å². The van der Waals surface area contributed by atoms with Crippen LogP contribution in [-0.4, -0.2) is 37.0 Å². The van der Waals surface area contributed by atoms with Gasteiger partial charge in [0.05, 0.1) is 33.1 Å². The van der Waals surface area contributed by atoms with E-state index in [2.05, 4.69) is 21.2 Å². The van der Waals surface area contributed by atoms with Crippen LogP contribution in [0.2, 0.25) is 15.1 Å². The molecule has 2 aromatic rings. The Morgan fingerprint density at radius 2 is 1.69 bits per heavy atom. The minimum absolute atomic E-state index is 0.0550. The average Bonchev–Trinajstić information content (AvgIpc) is 2.74. The monoisotopic (exact) mass is 620 g/mol. The van der Waals surface area contributed by atoms with Crippen LogP contribution in [0.25, 0.3) is 6.08 Å². The number of benzene rings is 2. The van der Waals surface area contributed by atoms with E-state index in [0.29, 0.717) is 5.56 Å². The van der Waals surface area contributed by atoms with Crippen molar-refractivity contribution in [2.24, 2.45) is 0 Å². The second kappa shape index (κ2) is 12.4. The standard InChI is InChI=1S/C22H17BrCl3F5N2O2/c1-10(20(34)32-9-18(27)28)33-21(35)13-4-2-11(6-15(13)23)3-5-14(22(29,30)31)12-7-16(24)19(26)17(25)8-12/h2-8,10,14,18H,9H2,1H3,(H,32,34)(H,33,35)/b5-3+. The van der Waals surface area contributed by atoms with Crippen molar-refractivity contribution in [3.05, 3.63) is 72.6 Å². The first-order chi connectivity index (χ1) is 16.2. The molecule has 2 N–H and O–H groups in total. The molecule has 2 amide bonds. The summed E-state index contributed by atoms with van der Waals surface area (Å²) >= 11 is 20.7. The summed E-state index contributed by atoms with van der Waals surface area (Å²) in [6.07, 6.45) is -5.27. The number of hydrogen-bond donors (Lipinski definition) is 2. The summed E-state index contributed by atoms with van der Waals surface area (Å²) in [5.41, 5.74) is 0.207. The Morgan fingerprint density at radius 3 is 2.20 bits per heavy atom. The molecule has 13 heteroatoms. The van der Waals surface area contributed by atoms with Crippen LogP contribution in [0.5, 0.6) is 0 Å². The molecule has 2 rings (SSSR count). The van der Waals surface area contributed by atoms with E-state index in [-0.39, 0.29) is 30.7 Å². The van der Waals surface area contributed by atoms with Gasteiger partial charge in [-0.25, -0.2) is 8.78 Å². The number of carbonyl (C=O) groups is 2. The molecule has 0 saturated carbocycles. The summed E-state index contributed by atoms with van der Waals surface area (Å²) in [4.78, 5) is 24.2. The molecule has 0 saturated heterocycles. The molecule has 0 aliphatic heterocycles. The van der Waals surface area contributed by atoms with Gasteiger partial charge in [-0.3, -0.25) is 9.59 Å². The number of hydrogen-bond acceptors (Lipinski definition) is 2. The maximum Gasteiger partial charge on any atom is 0.399 e. The van der Waals surface area contributed by atoms with Gasteiger partial charge in [-0.15, -0.1) is 0 Å². The molecule has 190 valence electrons. The lowest BCUT2D eigenvalue weighted by Gasteiger charge is -2.18. The number of nitrogens with one attached hydrogen (secondary N) is 2. The van der Waals surface area contributed by atoms with Gasteiger partial charge in [-0.2, -0.15) is 13.2 Å². The van der Waals surface area contributed by atoms with Crippen LogP contribution >= 0.6 is 50.7 Å². The van der Waals surface area contributed by atoms with Crippen LogP contribution in [0.3, 0.4) is 0 Å². The highest BCUT2D eigenvalue weighted by Gasteiger charge is 2.39.